The Kier molecular flexibility index (Phi) is 6.14. The van der Waals surface area contributed by atoms with Gasteiger partial charge in [0.1, 0.15) is 12.4 Å². The second-order valence-electron chi connectivity index (χ2n) is 7.48. The summed E-state index contributed by atoms with van der Waals surface area (Å²) in [5, 5.41) is 15.1. The summed E-state index contributed by atoms with van der Waals surface area (Å²) in [6, 6.07) is 3.25. The van der Waals surface area contributed by atoms with Crippen molar-refractivity contribution < 1.29 is 9.59 Å². The lowest BCUT2D eigenvalue weighted by atomic mass is 10.1. The molecule has 0 aliphatic heterocycles. The molecule has 1 fully saturated rings. The number of amides is 1. The first-order chi connectivity index (χ1) is 13.9. The Morgan fingerprint density at radius 3 is 2.66 bits per heavy atom. The van der Waals surface area contributed by atoms with Crippen LogP contribution in [-0.2, 0) is 9.59 Å². The Labute approximate surface area is 169 Å². The molecule has 0 bridgehead atoms. The second kappa shape index (κ2) is 8.75. The van der Waals surface area contributed by atoms with Crippen LogP contribution in [-0.4, -0.2) is 58.7 Å². The number of pyridine rings is 1. The maximum absolute atomic E-state index is 12.0. The van der Waals surface area contributed by atoms with Gasteiger partial charge in [0.15, 0.2) is 11.5 Å². The van der Waals surface area contributed by atoms with Crippen LogP contribution >= 0.6 is 0 Å². The summed E-state index contributed by atoms with van der Waals surface area (Å²) < 4.78 is 0. The molecule has 1 aliphatic rings. The van der Waals surface area contributed by atoms with Crippen molar-refractivity contribution in [3.63, 3.8) is 0 Å². The van der Waals surface area contributed by atoms with Gasteiger partial charge in [-0.3, -0.25) is 9.78 Å². The lowest BCUT2D eigenvalue weighted by molar-refractivity contribution is -0.117. The van der Waals surface area contributed by atoms with Gasteiger partial charge in [-0.1, -0.05) is 6.92 Å². The number of aldehydes is 1. The quantitative estimate of drug-likeness (QED) is 0.647. The molecule has 2 heterocycles. The van der Waals surface area contributed by atoms with E-state index in [0.717, 1.165) is 12.7 Å². The van der Waals surface area contributed by atoms with E-state index in [1.54, 1.807) is 6.07 Å². The van der Waals surface area contributed by atoms with Crippen LogP contribution in [0.5, 0.6) is 0 Å². The highest BCUT2D eigenvalue weighted by molar-refractivity contribution is 5.93. The van der Waals surface area contributed by atoms with Crippen molar-refractivity contribution in [2.75, 3.05) is 31.3 Å². The Balaban J connectivity index is 1.77. The topological polar surface area (TPSA) is 124 Å². The smallest absolute Gasteiger partial charge is 0.228 e. The fourth-order valence-corrected chi connectivity index (χ4v) is 2.97. The number of carbonyl (C=O) groups excluding carboxylic acids is 2. The summed E-state index contributed by atoms with van der Waals surface area (Å²) >= 11 is 0. The number of hydrogen-bond acceptors (Lipinski definition) is 8. The molecule has 0 saturated heterocycles. The van der Waals surface area contributed by atoms with E-state index in [4.69, 9.17) is 0 Å². The summed E-state index contributed by atoms with van der Waals surface area (Å²) in [4.78, 5) is 38.0. The number of likely N-dealkylation sites (N-methyl/N-ethyl adjacent to an activating group) is 1. The Morgan fingerprint density at radius 2 is 2.10 bits per heavy atom. The number of nitrogens with zero attached hydrogens (tertiary/aromatic N) is 5. The lowest BCUT2D eigenvalue weighted by Crippen LogP contribution is -2.33. The molecule has 3 rings (SSSR count). The minimum atomic E-state index is -0.484. The number of nitriles is 1. The molecule has 1 saturated carbocycles. The van der Waals surface area contributed by atoms with Gasteiger partial charge in [-0.2, -0.15) is 5.26 Å². The number of aromatic nitrogens is 3. The molecule has 1 amide bonds. The highest BCUT2D eigenvalue weighted by Crippen LogP contribution is 2.38. The third-order valence-corrected chi connectivity index (χ3v) is 4.71. The fraction of sp³-hybridized carbons (Fsp3) is 0.400. The van der Waals surface area contributed by atoms with E-state index in [2.05, 4.69) is 25.6 Å². The van der Waals surface area contributed by atoms with Gasteiger partial charge < -0.3 is 20.3 Å². The SMILES string of the molecule is CC1CC1C(=O)Nc1cnc(-c2cnc(C#N)c(N[C@H](C=O)CN(C)C)c2)cn1. The van der Waals surface area contributed by atoms with E-state index in [1.165, 1.54) is 18.6 Å². The van der Waals surface area contributed by atoms with Gasteiger partial charge in [0, 0.05) is 24.2 Å². The van der Waals surface area contributed by atoms with Crippen molar-refractivity contribution >= 4 is 23.7 Å². The summed E-state index contributed by atoms with van der Waals surface area (Å²) in [7, 11) is 3.72. The number of nitrogens with one attached hydrogen (secondary N) is 2. The second-order valence-corrected chi connectivity index (χ2v) is 7.48. The van der Waals surface area contributed by atoms with Crippen LogP contribution in [0.4, 0.5) is 11.5 Å². The molecular weight excluding hydrogens is 370 g/mol. The number of hydrogen-bond donors (Lipinski definition) is 2. The predicted octanol–water partition coefficient (Wildman–Crippen LogP) is 1.55. The van der Waals surface area contributed by atoms with Gasteiger partial charge in [0.25, 0.3) is 0 Å². The highest BCUT2D eigenvalue weighted by atomic mass is 16.2. The fourth-order valence-electron chi connectivity index (χ4n) is 2.97. The summed E-state index contributed by atoms with van der Waals surface area (Å²) in [6.07, 6.45) is 6.26. The Hall–Kier alpha value is -3.38. The molecule has 0 aromatic carbocycles. The first-order valence-corrected chi connectivity index (χ1v) is 9.31. The van der Waals surface area contributed by atoms with Crippen LogP contribution in [0.3, 0.4) is 0 Å². The van der Waals surface area contributed by atoms with Gasteiger partial charge in [-0.25, -0.2) is 9.97 Å². The van der Waals surface area contributed by atoms with Crippen molar-refractivity contribution in [2.45, 2.75) is 19.4 Å². The summed E-state index contributed by atoms with van der Waals surface area (Å²) in [5.74, 6) is 0.831. The van der Waals surface area contributed by atoms with Gasteiger partial charge in [-0.05, 0) is 32.5 Å². The van der Waals surface area contributed by atoms with Crippen molar-refractivity contribution in [1.82, 2.24) is 19.9 Å². The van der Waals surface area contributed by atoms with E-state index < -0.39 is 6.04 Å². The Bertz CT molecular complexity index is 937. The normalized spacial score (nSPS) is 18.6. The molecule has 2 unspecified atom stereocenters. The third-order valence-electron chi connectivity index (χ3n) is 4.71. The molecule has 0 spiro atoms. The van der Waals surface area contributed by atoms with E-state index in [1.807, 2.05) is 32.0 Å². The minimum Gasteiger partial charge on any atom is -0.372 e. The maximum Gasteiger partial charge on any atom is 0.228 e. The summed E-state index contributed by atoms with van der Waals surface area (Å²) in [6.45, 7) is 2.52. The molecule has 3 atom stereocenters. The molecule has 2 aromatic rings. The van der Waals surface area contributed by atoms with Crippen LogP contribution < -0.4 is 10.6 Å². The van der Waals surface area contributed by atoms with Crippen LogP contribution in [0.15, 0.2) is 24.7 Å². The average molecular weight is 393 g/mol. The third kappa shape index (κ3) is 5.12. The highest BCUT2D eigenvalue weighted by Gasteiger charge is 2.39. The number of rotatable bonds is 8. The maximum atomic E-state index is 12.0. The predicted molar refractivity (Wildman–Crippen MR) is 108 cm³/mol. The first kappa shape index (κ1) is 20.4. The molecule has 29 heavy (non-hydrogen) atoms. The molecule has 2 aromatic heterocycles. The van der Waals surface area contributed by atoms with Crippen molar-refractivity contribution in [2.24, 2.45) is 11.8 Å². The number of anilines is 2. The lowest BCUT2D eigenvalue weighted by Gasteiger charge is -2.19. The molecule has 2 N–H and O–H groups in total. The molecular formula is C20H23N7O2. The average Bonchev–Trinajstić information content (AvgIpc) is 3.44. The van der Waals surface area contributed by atoms with Gasteiger partial charge in [0.05, 0.1) is 29.8 Å². The van der Waals surface area contributed by atoms with Gasteiger partial charge in [-0.15, -0.1) is 0 Å². The zero-order chi connectivity index (χ0) is 21.0. The van der Waals surface area contributed by atoms with Crippen LogP contribution in [0.1, 0.15) is 19.0 Å². The number of carbonyl (C=O) groups is 2. The monoisotopic (exact) mass is 393 g/mol. The van der Waals surface area contributed by atoms with Crippen molar-refractivity contribution in [3.8, 4) is 17.3 Å². The van der Waals surface area contributed by atoms with Crippen LogP contribution in [0.25, 0.3) is 11.3 Å². The zero-order valence-electron chi connectivity index (χ0n) is 16.6. The largest absolute Gasteiger partial charge is 0.372 e. The molecule has 1 aliphatic carbocycles. The molecule has 9 nitrogen and oxygen atoms in total. The van der Waals surface area contributed by atoms with Crippen LogP contribution in [0.2, 0.25) is 0 Å². The van der Waals surface area contributed by atoms with Gasteiger partial charge in [0.2, 0.25) is 5.91 Å². The van der Waals surface area contributed by atoms with Crippen molar-refractivity contribution in [3.05, 3.63) is 30.4 Å². The first-order valence-electron chi connectivity index (χ1n) is 9.31. The molecule has 150 valence electrons. The van der Waals surface area contributed by atoms with E-state index >= 15 is 0 Å². The molecule has 0 radical (unpaired) electrons. The Morgan fingerprint density at radius 1 is 1.34 bits per heavy atom. The van der Waals surface area contributed by atoms with E-state index in [0.29, 0.717) is 35.2 Å². The van der Waals surface area contributed by atoms with Crippen LogP contribution in [0, 0.1) is 23.2 Å². The summed E-state index contributed by atoms with van der Waals surface area (Å²) in [5.41, 5.74) is 1.82. The zero-order valence-corrected chi connectivity index (χ0v) is 16.6. The standard InChI is InChI=1S/C20H23N7O2/c1-12-4-15(12)20(29)26-19-9-23-18(8-24-19)13-5-16(17(6-21)22-7-13)25-14(11-28)10-27(2)3/h5,7-9,11-12,14-15,25H,4,10H2,1-3H3,(H,24,26,29)/t12?,14-,15?/m0/s1. The van der Waals surface area contributed by atoms with Gasteiger partial charge >= 0.3 is 0 Å². The van der Waals surface area contributed by atoms with E-state index in [-0.39, 0.29) is 17.5 Å². The van der Waals surface area contributed by atoms with E-state index in [9.17, 15) is 14.9 Å². The minimum absolute atomic E-state index is 0.0353. The molecule has 9 heteroatoms. The van der Waals surface area contributed by atoms with Crippen molar-refractivity contribution in [1.29, 1.82) is 5.26 Å².